The molecule has 0 spiro atoms. The fourth-order valence-corrected chi connectivity index (χ4v) is 4.86. The van der Waals surface area contributed by atoms with Crippen LogP contribution in [0.5, 0.6) is 0 Å². The van der Waals surface area contributed by atoms with E-state index in [1.54, 1.807) is 18.2 Å². The quantitative estimate of drug-likeness (QED) is 0.546. The Labute approximate surface area is 169 Å². The van der Waals surface area contributed by atoms with Gasteiger partial charge in [-0.15, -0.1) is 23.1 Å². The molecule has 142 valence electrons. The molecule has 0 atom stereocenters. The zero-order chi connectivity index (χ0) is 19.6. The lowest BCUT2D eigenvalue weighted by Crippen LogP contribution is -2.22. The molecule has 3 N–H and O–H groups in total. The van der Waals surface area contributed by atoms with Crippen molar-refractivity contribution in [2.24, 2.45) is 5.73 Å². The predicted octanol–water partition coefficient (Wildman–Crippen LogP) is 3.51. The summed E-state index contributed by atoms with van der Waals surface area (Å²) in [5, 5.41) is 3.30. The predicted molar refractivity (Wildman–Crippen MR) is 107 cm³/mol. The maximum atomic E-state index is 12.2. The number of anilines is 1. The van der Waals surface area contributed by atoms with E-state index in [-0.39, 0.29) is 10.6 Å². The lowest BCUT2D eigenvalue weighted by molar-refractivity contribution is -0.119. The largest absolute Gasteiger partial charge is 0.452 e. The lowest BCUT2D eigenvalue weighted by atomic mass is 10.1. The summed E-state index contributed by atoms with van der Waals surface area (Å²) in [7, 11) is 0. The van der Waals surface area contributed by atoms with Gasteiger partial charge in [0.05, 0.1) is 16.1 Å². The first-order valence-electron chi connectivity index (χ1n) is 8.15. The number of nitrogens with two attached hydrogens (primary N) is 1. The van der Waals surface area contributed by atoms with Crippen LogP contribution in [0.1, 0.15) is 37.6 Å². The van der Waals surface area contributed by atoms with Crippen LogP contribution in [0.4, 0.5) is 5.00 Å². The van der Waals surface area contributed by atoms with Crippen LogP contribution in [0.15, 0.2) is 23.1 Å². The van der Waals surface area contributed by atoms with Gasteiger partial charge in [-0.25, -0.2) is 4.79 Å². The Kier molecular flexibility index (Phi) is 6.08. The molecule has 0 fully saturated rings. The van der Waals surface area contributed by atoms with Crippen LogP contribution < -0.4 is 11.1 Å². The smallest absolute Gasteiger partial charge is 0.340 e. The van der Waals surface area contributed by atoms with Crippen LogP contribution in [-0.4, -0.2) is 30.6 Å². The highest BCUT2D eigenvalue weighted by Gasteiger charge is 2.26. The Hall–Kier alpha value is -2.03. The number of hydrogen-bond acceptors (Lipinski definition) is 6. The molecule has 1 aliphatic rings. The number of amides is 2. The third-order valence-electron chi connectivity index (χ3n) is 4.15. The van der Waals surface area contributed by atoms with E-state index in [2.05, 4.69) is 5.32 Å². The third kappa shape index (κ3) is 4.28. The number of nitrogens with one attached hydrogen (secondary N) is 1. The van der Waals surface area contributed by atoms with E-state index in [1.807, 2.05) is 6.26 Å². The number of fused-ring (bicyclic) bond motifs is 1. The number of ether oxygens (including phenoxy) is 1. The van der Waals surface area contributed by atoms with E-state index in [0.29, 0.717) is 10.6 Å². The number of rotatable bonds is 6. The van der Waals surface area contributed by atoms with Gasteiger partial charge in [0.15, 0.2) is 6.61 Å². The van der Waals surface area contributed by atoms with Crippen molar-refractivity contribution in [3.05, 3.63) is 44.8 Å². The van der Waals surface area contributed by atoms with Gasteiger partial charge in [0, 0.05) is 9.77 Å². The van der Waals surface area contributed by atoms with E-state index in [9.17, 15) is 14.4 Å². The van der Waals surface area contributed by atoms with Gasteiger partial charge in [-0.05, 0) is 49.3 Å². The molecule has 9 heteroatoms. The number of carbonyl (C=O) groups excluding carboxylic acids is 3. The van der Waals surface area contributed by atoms with Crippen LogP contribution in [-0.2, 0) is 22.4 Å². The van der Waals surface area contributed by atoms with E-state index >= 15 is 0 Å². The molecule has 0 aliphatic heterocycles. The zero-order valence-corrected chi connectivity index (χ0v) is 16.9. The first-order chi connectivity index (χ1) is 12.9. The third-order valence-corrected chi connectivity index (χ3v) is 6.41. The minimum atomic E-state index is -0.685. The van der Waals surface area contributed by atoms with Gasteiger partial charge in [-0.1, -0.05) is 11.6 Å². The molecular formula is C18H17ClN2O4S2. The number of thiophene rings is 1. The molecule has 0 bridgehead atoms. The molecule has 1 heterocycles. The molecule has 0 unspecified atom stereocenters. The monoisotopic (exact) mass is 424 g/mol. The minimum absolute atomic E-state index is 0.198. The fraction of sp³-hybridized carbons (Fsp3) is 0.278. The normalized spacial score (nSPS) is 12.5. The molecule has 2 amide bonds. The number of benzene rings is 1. The topological polar surface area (TPSA) is 98.5 Å². The Morgan fingerprint density at radius 2 is 2.11 bits per heavy atom. The highest BCUT2D eigenvalue weighted by atomic mass is 35.5. The van der Waals surface area contributed by atoms with Gasteiger partial charge in [0.25, 0.3) is 11.8 Å². The maximum absolute atomic E-state index is 12.2. The number of esters is 1. The summed E-state index contributed by atoms with van der Waals surface area (Å²) < 4.78 is 5.06. The molecule has 6 nitrogen and oxygen atoms in total. The van der Waals surface area contributed by atoms with Crippen LogP contribution in [0.2, 0.25) is 5.02 Å². The molecule has 27 heavy (non-hydrogen) atoms. The average molecular weight is 425 g/mol. The van der Waals surface area contributed by atoms with Gasteiger partial charge in [-0.2, -0.15) is 0 Å². The van der Waals surface area contributed by atoms with Crippen molar-refractivity contribution in [3.63, 3.8) is 0 Å². The molecule has 3 rings (SSSR count). The summed E-state index contributed by atoms with van der Waals surface area (Å²) in [6.45, 7) is -0.487. The molecule has 0 radical (unpaired) electrons. The van der Waals surface area contributed by atoms with Gasteiger partial charge in [0.2, 0.25) is 0 Å². The summed E-state index contributed by atoms with van der Waals surface area (Å²) in [6.07, 6.45) is 4.50. The average Bonchev–Trinajstić information content (AvgIpc) is 3.20. The second-order valence-corrected chi connectivity index (χ2v) is 8.29. The summed E-state index contributed by atoms with van der Waals surface area (Å²) in [4.78, 5) is 38.1. The molecule has 1 aromatic heterocycles. The fourth-order valence-electron chi connectivity index (χ4n) is 2.91. The van der Waals surface area contributed by atoms with Gasteiger partial charge in [0.1, 0.15) is 5.00 Å². The molecule has 1 aliphatic carbocycles. The van der Waals surface area contributed by atoms with E-state index < -0.39 is 24.4 Å². The Bertz CT molecular complexity index is 926. The first-order valence-corrected chi connectivity index (χ1v) is 10.6. The summed E-state index contributed by atoms with van der Waals surface area (Å²) in [6, 6.07) is 5.01. The van der Waals surface area contributed by atoms with Gasteiger partial charge in [-0.3, -0.25) is 9.59 Å². The van der Waals surface area contributed by atoms with E-state index in [1.165, 1.54) is 23.1 Å². The number of aryl methyl sites for hydroxylation is 1. The van der Waals surface area contributed by atoms with E-state index in [4.69, 9.17) is 22.1 Å². The number of carbonyl (C=O) groups is 3. The van der Waals surface area contributed by atoms with Gasteiger partial charge >= 0.3 is 5.97 Å². The number of primary amides is 1. The summed E-state index contributed by atoms with van der Waals surface area (Å²) >= 11 is 8.84. The van der Waals surface area contributed by atoms with Crippen molar-refractivity contribution in [2.75, 3.05) is 18.2 Å². The SMILES string of the molecule is CSc1ccc(Cl)c(C(=O)OCC(=O)Nc2sc3c(c2C(N)=O)CCC3)c1. The Morgan fingerprint density at radius 3 is 2.81 bits per heavy atom. The zero-order valence-electron chi connectivity index (χ0n) is 14.5. The van der Waals surface area contributed by atoms with Crippen molar-refractivity contribution in [1.82, 2.24) is 0 Å². The summed E-state index contributed by atoms with van der Waals surface area (Å²) in [5.74, 6) is -1.79. The van der Waals surface area contributed by atoms with Crippen molar-refractivity contribution in [2.45, 2.75) is 24.2 Å². The summed E-state index contributed by atoms with van der Waals surface area (Å²) in [5.41, 5.74) is 6.94. The second-order valence-electron chi connectivity index (χ2n) is 5.90. The molecule has 0 saturated heterocycles. The Balaban J connectivity index is 1.66. The number of thioether (sulfide) groups is 1. The molecule has 2 aromatic rings. The lowest BCUT2D eigenvalue weighted by Gasteiger charge is -2.08. The highest BCUT2D eigenvalue weighted by molar-refractivity contribution is 7.98. The molecular weight excluding hydrogens is 408 g/mol. The Morgan fingerprint density at radius 1 is 1.33 bits per heavy atom. The number of halogens is 1. The second kappa shape index (κ2) is 8.33. The standard InChI is InChI=1S/C18H17ClN2O4S2/c1-26-9-5-6-12(19)11(7-9)18(24)25-8-14(22)21-17-15(16(20)23)10-3-2-4-13(10)27-17/h5-7H,2-4,8H2,1H3,(H2,20,23)(H,21,22). The van der Waals surface area contributed by atoms with Crippen LogP contribution >= 0.6 is 34.7 Å². The first kappa shape index (κ1) is 19.7. The minimum Gasteiger partial charge on any atom is -0.452 e. The molecule has 1 aromatic carbocycles. The van der Waals surface area contributed by atoms with Crippen LogP contribution in [0.25, 0.3) is 0 Å². The van der Waals surface area contributed by atoms with Crippen molar-refractivity contribution >= 4 is 57.5 Å². The van der Waals surface area contributed by atoms with Crippen molar-refractivity contribution in [3.8, 4) is 0 Å². The number of hydrogen-bond donors (Lipinski definition) is 2. The van der Waals surface area contributed by atoms with Crippen molar-refractivity contribution < 1.29 is 19.1 Å². The van der Waals surface area contributed by atoms with Crippen LogP contribution in [0, 0.1) is 0 Å². The van der Waals surface area contributed by atoms with Gasteiger partial charge < -0.3 is 15.8 Å². The van der Waals surface area contributed by atoms with Crippen LogP contribution in [0.3, 0.4) is 0 Å². The maximum Gasteiger partial charge on any atom is 0.340 e. The highest BCUT2D eigenvalue weighted by Crippen LogP contribution is 2.38. The van der Waals surface area contributed by atoms with E-state index in [0.717, 1.165) is 34.6 Å². The van der Waals surface area contributed by atoms with Crippen molar-refractivity contribution in [1.29, 1.82) is 0 Å². The molecule has 0 saturated carbocycles.